The van der Waals surface area contributed by atoms with Crippen molar-refractivity contribution in [2.24, 2.45) is 5.92 Å². The maximum atomic E-state index is 12.4. The van der Waals surface area contributed by atoms with Crippen molar-refractivity contribution in [1.29, 1.82) is 0 Å². The quantitative estimate of drug-likeness (QED) is 0.621. The van der Waals surface area contributed by atoms with Crippen LogP contribution in [-0.4, -0.2) is 35.3 Å². The second kappa shape index (κ2) is 5.45. The van der Waals surface area contributed by atoms with Crippen molar-refractivity contribution in [3.8, 4) is 0 Å². The van der Waals surface area contributed by atoms with Crippen LogP contribution in [0.3, 0.4) is 0 Å². The molecule has 0 saturated carbocycles. The van der Waals surface area contributed by atoms with Gasteiger partial charge in [-0.25, -0.2) is 4.79 Å². The average Bonchev–Trinajstić information content (AvgIpc) is 2.65. The third-order valence-corrected chi connectivity index (χ3v) is 3.26. The van der Waals surface area contributed by atoms with Gasteiger partial charge in [-0.05, 0) is 25.0 Å². The molecule has 2 rings (SSSR count). The molecule has 2 amide bonds. The number of imide groups is 1. The van der Waals surface area contributed by atoms with Crippen molar-refractivity contribution >= 4 is 17.8 Å². The zero-order valence-corrected chi connectivity index (χ0v) is 11.8. The second-order valence-electron chi connectivity index (χ2n) is 4.97. The fourth-order valence-electron chi connectivity index (χ4n) is 2.36. The molecule has 1 aliphatic heterocycles. The lowest BCUT2D eigenvalue weighted by Crippen LogP contribution is -2.48. The highest BCUT2D eigenvalue weighted by molar-refractivity contribution is 6.22. The molecular formula is C15H17NO4. The second-order valence-corrected chi connectivity index (χ2v) is 4.97. The highest BCUT2D eigenvalue weighted by atomic mass is 16.5. The van der Waals surface area contributed by atoms with Gasteiger partial charge in [-0.3, -0.25) is 14.5 Å². The van der Waals surface area contributed by atoms with Crippen LogP contribution < -0.4 is 0 Å². The Morgan fingerprint density at radius 1 is 1.15 bits per heavy atom. The minimum absolute atomic E-state index is 0.212. The molecule has 1 aromatic carbocycles. The van der Waals surface area contributed by atoms with E-state index in [9.17, 15) is 14.4 Å². The Morgan fingerprint density at radius 3 is 2.05 bits per heavy atom. The monoisotopic (exact) mass is 275 g/mol. The summed E-state index contributed by atoms with van der Waals surface area (Å²) in [4.78, 5) is 37.8. The summed E-state index contributed by atoms with van der Waals surface area (Å²) in [5.74, 6) is -1.62. The molecule has 0 spiro atoms. The summed E-state index contributed by atoms with van der Waals surface area (Å²) in [5, 5.41) is 0. The Hall–Kier alpha value is -2.17. The SMILES string of the molecule is CCOC(=O)C(C(C)C)N1C(=O)c2ccccc2C1=O. The first-order chi connectivity index (χ1) is 9.49. The van der Waals surface area contributed by atoms with Crippen molar-refractivity contribution < 1.29 is 19.1 Å². The molecule has 0 radical (unpaired) electrons. The number of esters is 1. The van der Waals surface area contributed by atoms with Gasteiger partial charge >= 0.3 is 5.97 Å². The number of ether oxygens (including phenoxy) is 1. The van der Waals surface area contributed by atoms with E-state index in [0.29, 0.717) is 11.1 Å². The molecule has 1 aromatic rings. The van der Waals surface area contributed by atoms with Gasteiger partial charge in [0.25, 0.3) is 11.8 Å². The molecule has 5 heteroatoms. The molecule has 0 aromatic heterocycles. The lowest BCUT2D eigenvalue weighted by Gasteiger charge is -2.27. The van der Waals surface area contributed by atoms with Crippen molar-refractivity contribution in [3.63, 3.8) is 0 Å². The Morgan fingerprint density at radius 2 is 1.65 bits per heavy atom. The van der Waals surface area contributed by atoms with Crippen LogP contribution in [0.5, 0.6) is 0 Å². The number of fused-ring (bicyclic) bond motifs is 1. The maximum Gasteiger partial charge on any atom is 0.329 e. The highest BCUT2D eigenvalue weighted by Crippen LogP contribution is 2.27. The smallest absolute Gasteiger partial charge is 0.329 e. The number of amides is 2. The Labute approximate surface area is 117 Å². The van der Waals surface area contributed by atoms with E-state index in [1.54, 1.807) is 45.0 Å². The highest BCUT2D eigenvalue weighted by Gasteiger charge is 2.44. The number of benzene rings is 1. The van der Waals surface area contributed by atoms with Gasteiger partial charge in [-0.2, -0.15) is 0 Å². The van der Waals surface area contributed by atoms with E-state index >= 15 is 0 Å². The van der Waals surface area contributed by atoms with Gasteiger partial charge in [-0.15, -0.1) is 0 Å². The first-order valence-corrected chi connectivity index (χ1v) is 6.62. The van der Waals surface area contributed by atoms with Crippen molar-refractivity contribution in [3.05, 3.63) is 35.4 Å². The molecule has 1 unspecified atom stereocenters. The fourth-order valence-corrected chi connectivity index (χ4v) is 2.36. The van der Waals surface area contributed by atoms with Gasteiger partial charge in [0.2, 0.25) is 0 Å². The summed E-state index contributed by atoms with van der Waals surface area (Å²) >= 11 is 0. The number of carbonyl (C=O) groups is 3. The van der Waals surface area contributed by atoms with E-state index in [-0.39, 0.29) is 12.5 Å². The molecule has 1 atom stereocenters. The standard InChI is InChI=1S/C15H17NO4/c1-4-20-15(19)12(9(2)3)16-13(17)10-7-5-6-8-11(10)14(16)18/h5-9,12H,4H2,1-3H3. The molecule has 0 aliphatic carbocycles. The van der Waals surface area contributed by atoms with Gasteiger partial charge in [-0.1, -0.05) is 26.0 Å². The predicted molar refractivity (Wildman–Crippen MR) is 72.2 cm³/mol. The van der Waals surface area contributed by atoms with Crippen LogP contribution in [0.15, 0.2) is 24.3 Å². The van der Waals surface area contributed by atoms with Gasteiger partial charge < -0.3 is 4.74 Å². The predicted octanol–water partition coefficient (Wildman–Crippen LogP) is 1.87. The fraction of sp³-hybridized carbons (Fsp3) is 0.400. The van der Waals surface area contributed by atoms with Gasteiger partial charge in [0.05, 0.1) is 17.7 Å². The van der Waals surface area contributed by atoms with Crippen LogP contribution in [0.25, 0.3) is 0 Å². The topological polar surface area (TPSA) is 63.7 Å². The van der Waals surface area contributed by atoms with Crippen molar-refractivity contribution in [2.45, 2.75) is 26.8 Å². The normalized spacial score (nSPS) is 15.5. The summed E-state index contributed by atoms with van der Waals surface area (Å²) in [6, 6.07) is 5.70. The largest absolute Gasteiger partial charge is 0.464 e. The molecule has 0 fully saturated rings. The van der Waals surface area contributed by atoms with Crippen molar-refractivity contribution in [1.82, 2.24) is 4.90 Å². The van der Waals surface area contributed by atoms with Crippen LogP contribution in [0.4, 0.5) is 0 Å². The van der Waals surface area contributed by atoms with E-state index in [1.807, 2.05) is 0 Å². The summed E-state index contributed by atoms with van der Waals surface area (Å²) in [6.07, 6.45) is 0. The van der Waals surface area contributed by atoms with Crippen LogP contribution >= 0.6 is 0 Å². The van der Waals surface area contributed by atoms with Crippen LogP contribution in [0.1, 0.15) is 41.5 Å². The summed E-state index contributed by atoms with van der Waals surface area (Å²) in [6.45, 7) is 5.47. The molecule has 20 heavy (non-hydrogen) atoms. The first-order valence-electron chi connectivity index (χ1n) is 6.62. The van der Waals surface area contributed by atoms with E-state index in [1.165, 1.54) is 0 Å². The van der Waals surface area contributed by atoms with Gasteiger partial charge in [0.1, 0.15) is 6.04 Å². The number of rotatable bonds is 4. The number of carbonyl (C=O) groups excluding carboxylic acids is 3. The van der Waals surface area contributed by atoms with Crippen LogP contribution in [0.2, 0.25) is 0 Å². The third kappa shape index (κ3) is 2.19. The Balaban J connectivity index is 2.40. The summed E-state index contributed by atoms with van der Waals surface area (Å²) in [7, 11) is 0. The molecular weight excluding hydrogens is 258 g/mol. The molecule has 0 saturated heterocycles. The Kier molecular flexibility index (Phi) is 3.88. The van der Waals surface area contributed by atoms with Gasteiger partial charge in [0, 0.05) is 0 Å². The summed E-state index contributed by atoms with van der Waals surface area (Å²) < 4.78 is 4.99. The molecule has 0 N–H and O–H groups in total. The third-order valence-electron chi connectivity index (χ3n) is 3.26. The van der Waals surface area contributed by atoms with Gasteiger partial charge in [0.15, 0.2) is 0 Å². The number of hydrogen-bond donors (Lipinski definition) is 0. The minimum atomic E-state index is -0.887. The number of nitrogens with zero attached hydrogens (tertiary/aromatic N) is 1. The maximum absolute atomic E-state index is 12.4. The van der Waals surface area contributed by atoms with E-state index in [2.05, 4.69) is 0 Å². The van der Waals surface area contributed by atoms with E-state index in [0.717, 1.165) is 4.90 Å². The first kappa shape index (κ1) is 14.2. The van der Waals surface area contributed by atoms with Crippen LogP contribution in [-0.2, 0) is 9.53 Å². The molecule has 5 nitrogen and oxygen atoms in total. The van der Waals surface area contributed by atoms with Crippen LogP contribution in [0, 0.1) is 5.92 Å². The summed E-state index contributed by atoms with van der Waals surface area (Å²) in [5.41, 5.74) is 0.680. The number of hydrogen-bond acceptors (Lipinski definition) is 4. The zero-order chi connectivity index (χ0) is 14.9. The Bertz CT molecular complexity index is 530. The molecule has 106 valence electrons. The zero-order valence-electron chi connectivity index (χ0n) is 11.8. The lowest BCUT2D eigenvalue weighted by molar-refractivity contribution is -0.149. The molecule has 0 bridgehead atoms. The average molecular weight is 275 g/mol. The minimum Gasteiger partial charge on any atom is -0.464 e. The lowest BCUT2D eigenvalue weighted by atomic mass is 10.0. The van der Waals surface area contributed by atoms with E-state index < -0.39 is 23.8 Å². The molecule has 1 heterocycles. The molecule has 1 aliphatic rings. The van der Waals surface area contributed by atoms with E-state index in [4.69, 9.17) is 4.74 Å². The van der Waals surface area contributed by atoms with Crippen molar-refractivity contribution in [2.75, 3.05) is 6.61 Å².